The maximum Gasteiger partial charge on any atom is 0.314 e. The second kappa shape index (κ2) is 5.07. The van der Waals surface area contributed by atoms with E-state index in [9.17, 15) is 4.79 Å². The van der Waals surface area contributed by atoms with Gasteiger partial charge >= 0.3 is 6.03 Å². The molecule has 2 atom stereocenters. The van der Waals surface area contributed by atoms with Gasteiger partial charge in [0.2, 0.25) is 0 Å². The molecule has 0 aliphatic carbocycles. The predicted molar refractivity (Wildman–Crippen MR) is 52.6 cm³/mol. The lowest BCUT2D eigenvalue weighted by Crippen LogP contribution is -2.44. The molecule has 76 valence electrons. The third-order valence-electron chi connectivity index (χ3n) is 2.74. The molecule has 1 saturated heterocycles. The topological polar surface area (TPSA) is 53.2 Å². The normalized spacial score (nSPS) is 28.2. The van der Waals surface area contributed by atoms with Crippen LogP contribution >= 0.6 is 0 Å². The lowest BCUT2D eigenvalue weighted by Gasteiger charge is -2.29. The highest BCUT2D eigenvalue weighted by Crippen LogP contribution is 2.16. The minimum Gasteiger partial charge on any atom is -0.341 e. The van der Waals surface area contributed by atoms with Gasteiger partial charge in [0.15, 0.2) is 0 Å². The first-order chi connectivity index (χ1) is 6.24. The van der Waals surface area contributed by atoms with Crippen LogP contribution in [-0.2, 0) is 0 Å². The Bertz CT molecular complexity index is 172. The number of piperidine rings is 1. The van der Waals surface area contributed by atoms with E-state index in [-0.39, 0.29) is 6.03 Å². The van der Waals surface area contributed by atoms with E-state index in [0.29, 0.717) is 11.8 Å². The van der Waals surface area contributed by atoms with Crippen LogP contribution in [0.25, 0.3) is 0 Å². The summed E-state index contributed by atoms with van der Waals surface area (Å²) in [7, 11) is 1.64. The Balaban J connectivity index is 2.22. The molecular formula is C9H19N3O. The molecule has 2 amide bonds. The maximum absolute atomic E-state index is 10.9. The fourth-order valence-electron chi connectivity index (χ4n) is 1.64. The van der Waals surface area contributed by atoms with Crippen molar-refractivity contribution in [1.29, 1.82) is 0 Å². The fourth-order valence-corrected chi connectivity index (χ4v) is 1.64. The van der Waals surface area contributed by atoms with Gasteiger partial charge in [-0.2, -0.15) is 0 Å². The molecule has 1 rings (SSSR count). The predicted octanol–water partition coefficient (Wildman–Crippen LogP) is 0.161. The molecule has 1 aliphatic heterocycles. The van der Waals surface area contributed by atoms with Crippen LogP contribution in [0.15, 0.2) is 0 Å². The standard InChI is InChI=1S/C9H19N3O/c1-7-3-4-11-5-8(7)6-12-9(13)10-2/h7-8,11H,3-6H2,1-2H3,(H2,10,12,13). The Morgan fingerprint density at radius 1 is 1.62 bits per heavy atom. The number of nitrogens with one attached hydrogen (secondary N) is 3. The van der Waals surface area contributed by atoms with Crippen molar-refractivity contribution in [3.05, 3.63) is 0 Å². The fraction of sp³-hybridized carbons (Fsp3) is 0.889. The van der Waals surface area contributed by atoms with E-state index in [2.05, 4.69) is 22.9 Å². The molecule has 4 nitrogen and oxygen atoms in total. The highest BCUT2D eigenvalue weighted by molar-refractivity contribution is 5.73. The SMILES string of the molecule is CNC(=O)NCC1CNCCC1C. The molecule has 4 heteroatoms. The second-order valence-electron chi connectivity index (χ2n) is 3.69. The summed E-state index contributed by atoms with van der Waals surface area (Å²) in [6, 6.07) is -0.0854. The number of carbonyl (C=O) groups excluding carboxylic acids is 1. The quantitative estimate of drug-likeness (QED) is 0.574. The summed E-state index contributed by atoms with van der Waals surface area (Å²) in [6.07, 6.45) is 1.21. The molecule has 1 heterocycles. The van der Waals surface area contributed by atoms with Crippen LogP contribution in [0.2, 0.25) is 0 Å². The summed E-state index contributed by atoms with van der Waals surface area (Å²) >= 11 is 0. The third kappa shape index (κ3) is 3.22. The van der Waals surface area contributed by atoms with Gasteiger partial charge in [-0.1, -0.05) is 6.92 Å². The Labute approximate surface area is 79.5 Å². The van der Waals surface area contributed by atoms with Crippen molar-refractivity contribution in [3.63, 3.8) is 0 Å². The van der Waals surface area contributed by atoms with Gasteiger partial charge in [0.05, 0.1) is 0 Å². The molecule has 3 N–H and O–H groups in total. The average molecular weight is 185 g/mol. The zero-order valence-corrected chi connectivity index (χ0v) is 8.39. The highest BCUT2D eigenvalue weighted by Gasteiger charge is 2.20. The van der Waals surface area contributed by atoms with Crippen LogP contribution < -0.4 is 16.0 Å². The zero-order valence-electron chi connectivity index (χ0n) is 8.39. The van der Waals surface area contributed by atoms with E-state index in [0.717, 1.165) is 19.6 Å². The van der Waals surface area contributed by atoms with Crippen LogP contribution in [0.3, 0.4) is 0 Å². The van der Waals surface area contributed by atoms with Gasteiger partial charge in [-0.25, -0.2) is 4.79 Å². The number of amides is 2. The Kier molecular flexibility index (Phi) is 4.02. The molecule has 13 heavy (non-hydrogen) atoms. The van der Waals surface area contributed by atoms with Crippen LogP contribution in [0.5, 0.6) is 0 Å². The molecule has 0 bridgehead atoms. The molecular weight excluding hydrogens is 166 g/mol. The largest absolute Gasteiger partial charge is 0.341 e. The zero-order chi connectivity index (χ0) is 9.68. The van der Waals surface area contributed by atoms with E-state index in [1.807, 2.05) is 0 Å². The molecule has 0 saturated carbocycles. The number of carbonyl (C=O) groups is 1. The summed E-state index contributed by atoms with van der Waals surface area (Å²) in [5.74, 6) is 1.28. The summed E-state index contributed by atoms with van der Waals surface area (Å²) < 4.78 is 0. The van der Waals surface area contributed by atoms with Gasteiger partial charge in [-0.05, 0) is 31.3 Å². The Morgan fingerprint density at radius 2 is 2.38 bits per heavy atom. The van der Waals surface area contributed by atoms with Crippen LogP contribution in [0.4, 0.5) is 4.79 Å². The van der Waals surface area contributed by atoms with Gasteiger partial charge in [0, 0.05) is 13.6 Å². The minimum absolute atomic E-state index is 0.0854. The summed E-state index contributed by atoms with van der Waals surface area (Å²) in [5, 5.41) is 8.73. The Hall–Kier alpha value is -0.770. The number of urea groups is 1. The van der Waals surface area contributed by atoms with Crippen molar-refractivity contribution in [3.8, 4) is 0 Å². The maximum atomic E-state index is 10.9. The van der Waals surface area contributed by atoms with E-state index in [4.69, 9.17) is 0 Å². The van der Waals surface area contributed by atoms with E-state index in [1.165, 1.54) is 6.42 Å². The molecule has 0 aromatic rings. The summed E-state index contributed by atoms with van der Waals surface area (Å²) in [4.78, 5) is 10.9. The summed E-state index contributed by atoms with van der Waals surface area (Å²) in [5.41, 5.74) is 0. The minimum atomic E-state index is -0.0854. The lowest BCUT2D eigenvalue weighted by molar-refractivity contribution is 0.230. The number of hydrogen-bond acceptors (Lipinski definition) is 2. The van der Waals surface area contributed by atoms with Gasteiger partial charge in [-0.3, -0.25) is 0 Å². The highest BCUT2D eigenvalue weighted by atomic mass is 16.2. The molecule has 0 spiro atoms. The van der Waals surface area contributed by atoms with Crippen molar-refractivity contribution in [2.24, 2.45) is 11.8 Å². The molecule has 0 aromatic carbocycles. The van der Waals surface area contributed by atoms with Crippen molar-refractivity contribution in [2.75, 3.05) is 26.7 Å². The molecule has 0 radical (unpaired) electrons. The molecule has 2 unspecified atom stereocenters. The Morgan fingerprint density at radius 3 is 3.00 bits per heavy atom. The first-order valence-corrected chi connectivity index (χ1v) is 4.90. The molecule has 0 aromatic heterocycles. The third-order valence-corrected chi connectivity index (χ3v) is 2.74. The van der Waals surface area contributed by atoms with Gasteiger partial charge in [0.1, 0.15) is 0 Å². The van der Waals surface area contributed by atoms with E-state index >= 15 is 0 Å². The van der Waals surface area contributed by atoms with E-state index < -0.39 is 0 Å². The van der Waals surface area contributed by atoms with Gasteiger partial charge < -0.3 is 16.0 Å². The first-order valence-electron chi connectivity index (χ1n) is 4.90. The van der Waals surface area contributed by atoms with Gasteiger partial charge in [0.25, 0.3) is 0 Å². The van der Waals surface area contributed by atoms with Crippen LogP contribution in [0, 0.1) is 11.8 Å². The lowest BCUT2D eigenvalue weighted by atomic mass is 9.88. The van der Waals surface area contributed by atoms with Gasteiger partial charge in [-0.15, -0.1) is 0 Å². The average Bonchev–Trinajstić information content (AvgIpc) is 2.16. The van der Waals surface area contributed by atoms with Crippen molar-refractivity contribution >= 4 is 6.03 Å². The molecule has 1 aliphatic rings. The second-order valence-corrected chi connectivity index (χ2v) is 3.69. The number of rotatable bonds is 2. The van der Waals surface area contributed by atoms with Crippen molar-refractivity contribution < 1.29 is 4.79 Å². The summed E-state index contributed by atoms with van der Waals surface area (Å²) in [6.45, 7) is 5.15. The monoisotopic (exact) mass is 185 g/mol. The van der Waals surface area contributed by atoms with Crippen molar-refractivity contribution in [2.45, 2.75) is 13.3 Å². The van der Waals surface area contributed by atoms with Crippen molar-refractivity contribution in [1.82, 2.24) is 16.0 Å². The van der Waals surface area contributed by atoms with E-state index in [1.54, 1.807) is 7.05 Å². The van der Waals surface area contributed by atoms with Crippen LogP contribution in [-0.4, -0.2) is 32.7 Å². The first kappa shape index (κ1) is 10.3. The molecule has 1 fully saturated rings. The van der Waals surface area contributed by atoms with Crippen LogP contribution in [0.1, 0.15) is 13.3 Å². The number of hydrogen-bond donors (Lipinski definition) is 3. The smallest absolute Gasteiger partial charge is 0.314 e.